The number of carbonyl (C=O) groups is 2. The standard InChI is InChI=1S/C14H27N3O3/c1-10(15)12(18)17-8-6-5-7-11(17)9-16-13(19)20-14(2,3)4/h10-11H,5-9,15H2,1-4H3,(H,16,19)/t10-,11?/m0/s1. The van der Waals surface area contributed by atoms with Crippen molar-refractivity contribution in [2.24, 2.45) is 5.73 Å². The first-order valence-electron chi connectivity index (χ1n) is 7.23. The van der Waals surface area contributed by atoms with Crippen LogP contribution in [-0.4, -0.2) is 47.7 Å². The molecule has 1 aliphatic rings. The first kappa shape index (κ1) is 16.8. The minimum Gasteiger partial charge on any atom is -0.444 e. The molecule has 6 nitrogen and oxygen atoms in total. The van der Waals surface area contributed by atoms with Gasteiger partial charge in [-0.2, -0.15) is 0 Å². The van der Waals surface area contributed by atoms with Gasteiger partial charge in [0.25, 0.3) is 0 Å². The fourth-order valence-corrected chi connectivity index (χ4v) is 2.28. The van der Waals surface area contributed by atoms with E-state index in [0.717, 1.165) is 19.3 Å². The quantitative estimate of drug-likeness (QED) is 0.817. The summed E-state index contributed by atoms with van der Waals surface area (Å²) in [6.45, 7) is 8.26. The Morgan fingerprint density at radius 2 is 2.05 bits per heavy atom. The second kappa shape index (κ2) is 6.92. The van der Waals surface area contributed by atoms with Gasteiger partial charge < -0.3 is 20.7 Å². The molecule has 1 rings (SSSR count). The zero-order chi connectivity index (χ0) is 15.3. The molecule has 0 aromatic carbocycles. The summed E-state index contributed by atoms with van der Waals surface area (Å²) in [6, 6.07) is -0.494. The highest BCUT2D eigenvalue weighted by Gasteiger charge is 2.29. The largest absolute Gasteiger partial charge is 0.444 e. The van der Waals surface area contributed by atoms with Crippen LogP contribution in [0, 0.1) is 0 Å². The average Bonchev–Trinajstić information content (AvgIpc) is 2.33. The number of nitrogens with one attached hydrogen (secondary N) is 1. The summed E-state index contributed by atoms with van der Waals surface area (Å²) in [5.74, 6) is -0.0549. The molecule has 1 unspecified atom stereocenters. The number of alkyl carbamates (subject to hydrolysis) is 1. The lowest BCUT2D eigenvalue weighted by Crippen LogP contribution is -2.53. The molecule has 0 aromatic rings. The second-order valence-electron chi connectivity index (χ2n) is 6.35. The smallest absolute Gasteiger partial charge is 0.407 e. The summed E-state index contributed by atoms with van der Waals surface area (Å²) in [4.78, 5) is 25.5. The van der Waals surface area contributed by atoms with Crippen molar-refractivity contribution in [2.45, 2.75) is 64.6 Å². The van der Waals surface area contributed by atoms with Gasteiger partial charge in [-0.15, -0.1) is 0 Å². The topological polar surface area (TPSA) is 84.7 Å². The van der Waals surface area contributed by atoms with Crippen molar-refractivity contribution in [3.05, 3.63) is 0 Å². The Morgan fingerprint density at radius 1 is 1.40 bits per heavy atom. The van der Waals surface area contributed by atoms with Crippen LogP contribution in [0.3, 0.4) is 0 Å². The van der Waals surface area contributed by atoms with Gasteiger partial charge in [0.2, 0.25) is 5.91 Å². The van der Waals surface area contributed by atoms with Gasteiger partial charge in [-0.25, -0.2) is 4.79 Å². The molecule has 0 aromatic heterocycles. The van der Waals surface area contributed by atoms with Crippen LogP contribution in [-0.2, 0) is 9.53 Å². The number of carbonyl (C=O) groups excluding carboxylic acids is 2. The van der Waals surface area contributed by atoms with Gasteiger partial charge in [0.15, 0.2) is 0 Å². The van der Waals surface area contributed by atoms with Crippen molar-refractivity contribution in [1.29, 1.82) is 0 Å². The summed E-state index contributed by atoms with van der Waals surface area (Å²) in [5, 5.41) is 2.74. The first-order chi connectivity index (χ1) is 9.20. The van der Waals surface area contributed by atoms with Gasteiger partial charge in [0, 0.05) is 19.1 Å². The third kappa shape index (κ3) is 5.36. The van der Waals surface area contributed by atoms with E-state index in [9.17, 15) is 9.59 Å². The maximum absolute atomic E-state index is 12.0. The van der Waals surface area contributed by atoms with E-state index in [1.54, 1.807) is 11.8 Å². The average molecular weight is 285 g/mol. The second-order valence-corrected chi connectivity index (χ2v) is 6.35. The maximum atomic E-state index is 12.0. The van der Waals surface area contributed by atoms with Crippen molar-refractivity contribution in [3.63, 3.8) is 0 Å². The summed E-state index contributed by atoms with van der Waals surface area (Å²) in [7, 11) is 0. The normalized spacial score (nSPS) is 21.2. The molecule has 1 fully saturated rings. The lowest BCUT2D eigenvalue weighted by Gasteiger charge is -2.37. The van der Waals surface area contributed by atoms with Crippen LogP contribution in [0.5, 0.6) is 0 Å². The molecule has 0 aliphatic carbocycles. The number of nitrogens with zero attached hydrogens (tertiary/aromatic N) is 1. The van der Waals surface area contributed by atoms with Crippen molar-refractivity contribution >= 4 is 12.0 Å². The van der Waals surface area contributed by atoms with E-state index in [0.29, 0.717) is 13.1 Å². The van der Waals surface area contributed by atoms with Crippen molar-refractivity contribution in [2.75, 3.05) is 13.1 Å². The van der Waals surface area contributed by atoms with Crippen LogP contribution in [0.25, 0.3) is 0 Å². The van der Waals surface area contributed by atoms with E-state index >= 15 is 0 Å². The van der Waals surface area contributed by atoms with Crippen LogP contribution in [0.4, 0.5) is 4.79 Å². The van der Waals surface area contributed by atoms with Crippen LogP contribution in [0.2, 0.25) is 0 Å². The molecule has 0 saturated carbocycles. The number of nitrogens with two attached hydrogens (primary N) is 1. The predicted molar refractivity (Wildman–Crippen MR) is 77.2 cm³/mol. The van der Waals surface area contributed by atoms with Gasteiger partial charge in [-0.3, -0.25) is 4.79 Å². The van der Waals surface area contributed by atoms with Gasteiger partial charge in [-0.1, -0.05) is 0 Å². The third-order valence-corrected chi connectivity index (χ3v) is 3.18. The zero-order valence-electron chi connectivity index (χ0n) is 12.9. The molecule has 1 saturated heterocycles. The molecule has 6 heteroatoms. The summed E-state index contributed by atoms with van der Waals surface area (Å²) >= 11 is 0. The minimum atomic E-state index is -0.516. The lowest BCUT2D eigenvalue weighted by atomic mass is 10.0. The van der Waals surface area contributed by atoms with Gasteiger partial charge in [0.1, 0.15) is 5.60 Å². The molecular formula is C14H27N3O3. The Labute approximate surface area is 121 Å². The highest BCUT2D eigenvalue weighted by Crippen LogP contribution is 2.17. The molecule has 3 N–H and O–H groups in total. The lowest BCUT2D eigenvalue weighted by molar-refractivity contribution is -0.135. The Hall–Kier alpha value is -1.30. The van der Waals surface area contributed by atoms with E-state index in [4.69, 9.17) is 10.5 Å². The number of hydrogen-bond donors (Lipinski definition) is 2. The monoisotopic (exact) mass is 285 g/mol. The number of amides is 2. The number of rotatable bonds is 3. The molecule has 2 amide bonds. The zero-order valence-corrected chi connectivity index (χ0v) is 12.9. The first-order valence-corrected chi connectivity index (χ1v) is 7.23. The molecule has 0 radical (unpaired) electrons. The molecule has 1 heterocycles. The van der Waals surface area contributed by atoms with Crippen LogP contribution in [0.15, 0.2) is 0 Å². The fraction of sp³-hybridized carbons (Fsp3) is 0.857. The fourth-order valence-electron chi connectivity index (χ4n) is 2.28. The van der Waals surface area contributed by atoms with Crippen LogP contribution >= 0.6 is 0 Å². The van der Waals surface area contributed by atoms with E-state index in [-0.39, 0.29) is 11.9 Å². The van der Waals surface area contributed by atoms with Crippen LogP contribution in [0.1, 0.15) is 47.0 Å². The third-order valence-electron chi connectivity index (χ3n) is 3.18. The number of piperidine rings is 1. The molecule has 20 heavy (non-hydrogen) atoms. The molecule has 1 aliphatic heterocycles. The Balaban J connectivity index is 2.51. The van der Waals surface area contributed by atoms with Crippen molar-refractivity contribution in [3.8, 4) is 0 Å². The minimum absolute atomic E-state index is 0.00904. The van der Waals surface area contributed by atoms with E-state index in [1.807, 2.05) is 20.8 Å². The molecular weight excluding hydrogens is 258 g/mol. The van der Waals surface area contributed by atoms with Gasteiger partial charge >= 0.3 is 6.09 Å². The highest BCUT2D eigenvalue weighted by molar-refractivity contribution is 5.81. The van der Waals surface area contributed by atoms with E-state index in [2.05, 4.69) is 5.32 Å². The Kier molecular flexibility index (Phi) is 5.80. The predicted octanol–water partition coefficient (Wildman–Crippen LogP) is 1.24. The summed E-state index contributed by atoms with van der Waals surface area (Å²) in [5.41, 5.74) is 5.15. The number of hydrogen-bond acceptors (Lipinski definition) is 4. The number of ether oxygens (including phenoxy) is 1. The molecule has 116 valence electrons. The van der Waals surface area contributed by atoms with E-state index < -0.39 is 17.7 Å². The highest BCUT2D eigenvalue weighted by atomic mass is 16.6. The molecule has 2 atom stereocenters. The molecule has 0 spiro atoms. The SMILES string of the molecule is C[C@H](N)C(=O)N1CCCCC1CNC(=O)OC(C)(C)C. The Bertz CT molecular complexity index is 350. The maximum Gasteiger partial charge on any atom is 0.407 e. The van der Waals surface area contributed by atoms with Gasteiger partial charge in [-0.05, 0) is 47.0 Å². The van der Waals surface area contributed by atoms with E-state index in [1.165, 1.54) is 0 Å². The summed E-state index contributed by atoms with van der Waals surface area (Å²) in [6.07, 6.45) is 2.48. The molecule has 0 bridgehead atoms. The van der Waals surface area contributed by atoms with Crippen molar-refractivity contribution in [1.82, 2.24) is 10.2 Å². The van der Waals surface area contributed by atoms with Crippen LogP contribution < -0.4 is 11.1 Å². The number of likely N-dealkylation sites (tertiary alicyclic amines) is 1. The van der Waals surface area contributed by atoms with Crippen molar-refractivity contribution < 1.29 is 14.3 Å². The Morgan fingerprint density at radius 3 is 2.60 bits per heavy atom. The van der Waals surface area contributed by atoms with Gasteiger partial charge in [0.05, 0.1) is 6.04 Å². The summed E-state index contributed by atoms with van der Waals surface area (Å²) < 4.78 is 5.19.